The van der Waals surface area contributed by atoms with E-state index in [1.54, 1.807) is 0 Å². The van der Waals surface area contributed by atoms with Gasteiger partial charge in [0.15, 0.2) is 6.10 Å². The molecule has 51 heavy (non-hydrogen) atoms. The van der Waals surface area contributed by atoms with Gasteiger partial charge in [-0.05, 0) is 70.6 Å². The smallest absolute Gasteiger partial charge is 0.462 e. The van der Waals surface area contributed by atoms with Crippen LogP contribution < -0.4 is 0 Å². The minimum atomic E-state index is -4.62. The van der Waals surface area contributed by atoms with Crippen LogP contribution in [0.1, 0.15) is 168 Å². The zero-order chi connectivity index (χ0) is 37.7. The van der Waals surface area contributed by atoms with Gasteiger partial charge in [-0.3, -0.25) is 18.6 Å². The molecule has 0 aliphatic heterocycles. The lowest BCUT2D eigenvalue weighted by molar-refractivity contribution is -0.161. The Labute approximate surface area is 310 Å². The molecule has 0 aromatic carbocycles. The van der Waals surface area contributed by atoms with Crippen molar-refractivity contribution in [2.75, 3.05) is 26.4 Å². The molecular formula is C40H73O10P. The van der Waals surface area contributed by atoms with E-state index in [0.29, 0.717) is 12.8 Å². The molecule has 0 saturated heterocycles. The van der Waals surface area contributed by atoms with E-state index in [-0.39, 0.29) is 19.4 Å². The largest absolute Gasteiger partial charge is 0.472 e. The van der Waals surface area contributed by atoms with E-state index in [1.165, 1.54) is 77.0 Å². The molecule has 3 N–H and O–H groups in total. The molecule has 0 aromatic rings. The van der Waals surface area contributed by atoms with Gasteiger partial charge >= 0.3 is 19.8 Å². The first-order chi connectivity index (χ1) is 24.7. The van der Waals surface area contributed by atoms with Gasteiger partial charge in [-0.2, -0.15) is 0 Å². The summed E-state index contributed by atoms with van der Waals surface area (Å²) < 4.78 is 32.5. The quantitative estimate of drug-likeness (QED) is 0.0243. The number of rotatable bonds is 37. The highest BCUT2D eigenvalue weighted by molar-refractivity contribution is 7.47. The number of hydrogen-bond donors (Lipinski definition) is 3. The second-order valence-electron chi connectivity index (χ2n) is 13.3. The summed E-state index contributed by atoms with van der Waals surface area (Å²) in [5.74, 6) is -0.983. The van der Waals surface area contributed by atoms with Crippen molar-refractivity contribution < 1.29 is 47.8 Å². The fraction of sp³-hybridized carbons (Fsp3) is 0.800. The number of esters is 2. The standard InChI is InChI=1S/C40H73O10P/c1-3-5-7-9-11-13-15-17-18-20-21-23-25-27-29-31-39(43)47-35-38(36-49-51(45,46)48-34-37(42)33-41)50-40(44)32-30-28-26-24-22-19-16-14-12-10-8-6-4-2/h17-19,21-23,37-38,41-42H,3-16,20,24-36H2,1-2H3,(H,45,46)/b18-17+,22-19+,23-21+/t37-,38+/m0/s1. The number of ether oxygens (including phenoxy) is 2. The first kappa shape index (κ1) is 49.2. The number of unbranched alkanes of at least 4 members (excludes halogenated alkanes) is 17. The predicted octanol–water partition coefficient (Wildman–Crippen LogP) is 10.00. The fourth-order valence-corrected chi connectivity index (χ4v) is 5.92. The molecule has 1 unspecified atom stereocenters. The second-order valence-corrected chi connectivity index (χ2v) is 14.8. The van der Waals surface area contributed by atoms with E-state index in [2.05, 4.69) is 54.8 Å². The van der Waals surface area contributed by atoms with Crippen molar-refractivity contribution >= 4 is 19.8 Å². The Hall–Kier alpha value is -1.81. The maximum absolute atomic E-state index is 12.5. The molecule has 0 rings (SSSR count). The van der Waals surface area contributed by atoms with Gasteiger partial charge in [0, 0.05) is 12.8 Å². The fourth-order valence-electron chi connectivity index (χ4n) is 5.13. The number of phosphoric ester groups is 1. The first-order valence-electron chi connectivity index (χ1n) is 19.9. The summed E-state index contributed by atoms with van der Waals surface area (Å²) in [6.45, 7) is 2.30. The lowest BCUT2D eigenvalue weighted by Crippen LogP contribution is -2.29. The third-order valence-electron chi connectivity index (χ3n) is 8.27. The van der Waals surface area contributed by atoms with Gasteiger partial charge in [0.05, 0.1) is 19.8 Å². The summed E-state index contributed by atoms with van der Waals surface area (Å²) in [5, 5.41) is 18.3. The molecule has 3 atom stereocenters. The topological polar surface area (TPSA) is 149 Å². The van der Waals surface area contributed by atoms with Crippen molar-refractivity contribution in [3.8, 4) is 0 Å². The lowest BCUT2D eigenvalue weighted by Gasteiger charge is -2.20. The lowest BCUT2D eigenvalue weighted by atomic mass is 10.1. The van der Waals surface area contributed by atoms with Crippen molar-refractivity contribution in [2.24, 2.45) is 0 Å². The van der Waals surface area contributed by atoms with Crippen LogP contribution in [-0.2, 0) is 32.7 Å². The summed E-state index contributed by atoms with van der Waals surface area (Å²) in [6.07, 6.45) is 35.5. The van der Waals surface area contributed by atoms with Crippen LogP contribution in [0.4, 0.5) is 0 Å². The van der Waals surface area contributed by atoms with Crippen LogP contribution in [0.15, 0.2) is 36.5 Å². The van der Waals surface area contributed by atoms with Crippen LogP contribution in [0.2, 0.25) is 0 Å². The van der Waals surface area contributed by atoms with Gasteiger partial charge in [-0.1, -0.05) is 121 Å². The number of allylic oxidation sites excluding steroid dienone is 6. The molecule has 0 aliphatic rings. The van der Waals surface area contributed by atoms with Crippen LogP contribution >= 0.6 is 7.82 Å². The van der Waals surface area contributed by atoms with Crippen LogP contribution in [0.25, 0.3) is 0 Å². The summed E-state index contributed by atoms with van der Waals surface area (Å²) in [4.78, 5) is 34.8. The van der Waals surface area contributed by atoms with Crippen LogP contribution in [0.3, 0.4) is 0 Å². The van der Waals surface area contributed by atoms with Gasteiger partial charge < -0.3 is 24.6 Å². The van der Waals surface area contributed by atoms with Crippen LogP contribution in [0, 0.1) is 0 Å². The summed E-state index contributed by atoms with van der Waals surface area (Å²) in [7, 11) is -4.62. The monoisotopic (exact) mass is 744 g/mol. The van der Waals surface area contributed by atoms with E-state index in [9.17, 15) is 24.2 Å². The summed E-state index contributed by atoms with van der Waals surface area (Å²) in [6, 6.07) is 0. The van der Waals surface area contributed by atoms with E-state index in [0.717, 1.165) is 51.4 Å². The molecule has 0 spiro atoms. The maximum Gasteiger partial charge on any atom is 0.472 e. The number of carbonyl (C=O) groups excluding carboxylic acids is 2. The number of phosphoric acid groups is 1. The van der Waals surface area contributed by atoms with Crippen molar-refractivity contribution in [3.05, 3.63) is 36.5 Å². The molecule has 0 bridgehead atoms. The van der Waals surface area contributed by atoms with Crippen molar-refractivity contribution in [1.82, 2.24) is 0 Å². The number of carbonyl (C=O) groups is 2. The molecule has 0 amide bonds. The summed E-state index contributed by atoms with van der Waals surface area (Å²) >= 11 is 0. The number of aliphatic hydroxyl groups is 2. The predicted molar refractivity (Wildman–Crippen MR) is 205 cm³/mol. The Kier molecular flexibility index (Phi) is 35.2. The molecule has 10 nitrogen and oxygen atoms in total. The number of aliphatic hydroxyl groups excluding tert-OH is 2. The molecule has 0 aromatic heterocycles. The Morgan fingerprint density at radius 1 is 0.588 bits per heavy atom. The maximum atomic E-state index is 12.5. The molecule has 0 radical (unpaired) electrons. The van der Waals surface area contributed by atoms with E-state index in [1.807, 2.05) is 0 Å². The van der Waals surface area contributed by atoms with Crippen molar-refractivity contribution in [3.63, 3.8) is 0 Å². The highest BCUT2D eigenvalue weighted by atomic mass is 31.2. The molecular weight excluding hydrogens is 671 g/mol. The molecule has 298 valence electrons. The molecule has 0 aliphatic carbocycles. The highest BCUT2D eigenvalue weighted by Crippen LogP contribution is 2.43. The van der Waals surface area contributed by atoms with Crippen LogP contribution in [-0.4, -0.2) is 65.7 Å². The third kappa shape index (κ3) is 36.3. The van der Waals surface area contributed by atoms with E-state index >= 15 is 0 Å². The third-order valence-corrected chi connectivity index (χ3v) is 9.22. The van der Waals surface area contributed by atoms with Gasteiger partial charge in [-0.15, -0.1) is 0 Å². The second kappa shape index (κ2) is 36.5. The molecule has 11 heteroatoms. The zero-order valence-corrected chi connectivity index (χ0v) is 33.0. The van der Waals surface area contributed by atoms with Crippen LogP contribution in [0.5, 0.6) is 0 Å². The zero-order valence-electron chi connectivity index (χ0n) is 32.1. The minimum Gasteiger partial charge on any atom is -0.462 e. The summed E-state index contributed by atoms with van der Waals surface area (Å²) in [5.41, 5.74) is 0. The SMILES string of the molecule is CCCCCCCC/C=C/C/C=C/CCCCC(=O)OC[C@H](COP(=O)(O)OC[C@@H](O)CO)OC(=O)CCCCC/C=C/CCCCCCCC. The molecule has 0 heterocycles. The van der Waals surface area contributed by atoms with Crippen molar-refractivity contribution in [2.45, 2.75) is 180 Å². The van der Waals surface area contributed by atoms with E-state index in [4.69, 9.17) is 19.1 Å². The average molecular weight is 745 g/mol. The van der Waals surface area contributed by atoms with Gasteiger partial charge in [0.25, 0.3) is 0 Å². The Morgan fingerprint density at radius 2 is 1.02 bits per heavy atom. The Bertz CT molecular complexity index is 952. The van der Waals surface area contributed by atoms with Gasteiger partial charge in [0.2, 0.25) is 0 Å². The number of hydrogen-bond acceptors (Lipinski definition) is 9. The Morgan fingerprint density at radius 3 is 1.57 bits per heavy atom. The first-order valence-corrected chi connectivity index (χ1v) is 21.4. The minimum absolute atomic E-state index is 0.157. The van der Waals surface area contributed by atoms with Gasteiger partial charge in [0.1, 0.15) is 12.7 Å². The average Bonchev–Trinajstić information content (AvgIpc) is 3.12. The van der Waals surface area contributed by atoms with E-state index < -0.39 is 51.8 Å². The molecule has 0 saturated carbocycles. The normalized spacial score (nSPS) is 14.4. The Balaban J connectivity index is 4.43. The molecule has 0 fully saturated rings. The highest BCUT2D eigenvalue weighted by Gasteiger charge is 2.27. The van der Waals surface area contributed by atoms with Gasteiger partial charge in [-0.25, -0.2) is 4.57 Å². The van der Waals surface area contributed by atoms with Crippen molar-refractivity contribution in [1.29, 1.82) is 0 Å².